The number of rotatable bonds is 2. The summed E-state index contributed by atoms with van der Waals surface area (Å²) in [6.45, 7) is 5.98. The molecule has 1 unspecified atom stereocenters. The molecule has 1 aromatic carbocycles. The number of imidazole rings is 1. The van der Waals surface area contributed by atoms with Crippen LogP contribution in [0, 0.1) is 5.82 Å². The normalized spacial score (nSPS) is 13.6. The lowest BCUT2D eigenvalue weighted by molar-refractivity contribution is 0.584. The van der Waals surface area contributed by atoms with E-state index in [0.717, 1.165) is 11.3 Å². The smallest absolute Gasteiger partial charge is 0.139 e. The minimum Gasteiger partial charge on any atom is -0.324 e. The van der Waals surface area contributed by atoms with Crippen LogP contribution >= 0.6 is 27.5 Å². The molecule has 1 heterocycles. The van der Waals surface area contributed by atoms with Gasteiger partial charge in [-0.1, -0.05) is 0 Å². The molecule has 0 saturated carbocycles. The van der Waals surface area contributed by atoms with Crippen LogP contribution in [-0.4, -0.2) is 9.55 Å². The van der Waals surface area contributed by atoms with Crippen LogP contribution in [0.3, 0.4) is 0 Å². The van der Waals surface area contributed by atoms with Gasteiger partial charge in [0.2, 0.25) is 0 Å². The topological polar surface area (TPSA) is 17.8 Å². The molecule has 0 aliphatic rings. The maximum absolute atomic E-state index is 13.5. The van der Waals surface area contributed by atoms with Crippen molar-refractivity contribution in [1.29, 1.82) is 0 Å². The van der Waals surface area contributed by atoms with E-state index in [1.54, 1.807) is 6.07 Å². The van der Waals surface area contributed by atoms with Gasteiger partial charge in [-0.3, -0.25) is 0 Å². The van der Waals surface area contributed by atoms with E-state index in [-0.39, 0.29) is 17.2 Å². The Labute approximate surface area is 113 Å². The molecule has 0 bridgehead atoms. The fourth-order valence-corrected chi connectivity index (χ4v) is 2.42. The van der Waals surface area contributed by atoms with Gasteiger partial charge >= 0.3 is 0 Å². The molecule has 5 heteroatoms. The van der Waals surface area contributed by atoms with Crippen molar-refractivity contribution in [3.05, 3.63) is 28.2 Å². The fraction of sp³-hybridized carbons (Fsp3) is 0.417. The third-order valence-corrected chi connectivity index (χ3v) is 3.43. The molecule has 0 spiro atoms. The first-order valence-corrected chi connectivity index (χ1v) is 6.65. The molecule has 0 aliphatic carbocycles. The van der Waals surface area contributed by atoms with E-state index in [9.17, 15) is 4.39 Å². The van der Waals surface area contributed by atoms with E-state index in [2.05, 4.69) is 34.8 Å². The van der Waals surface area contributed by atoms with Crippen LogP contribution in [0.25, 0.3) is 11.0 Å². The summed E-state index contributed by atoms with van der Waals surface area (Å²) in [7, 11) is 0. The predicted octanol–water partition coefficient (Wildman–Crippen LogP) is 4.82. The van der Waals surface area contributed by atoms with Gasteiger partial charge in [-0.2, -0.15) is 0 Å². The number of hydrogen-bond donors (Lipinski definition) is 0. The molecule has 0 amide bonds. The number of fused-ring (bicyclic) bond motifs is 1. The molecule has 0 radical (unpaired) electrons. The average molecular weight is 320 g/mol. The van der Waals surface area contributed by atoms with Crippen molar-refractivity contribution in [1.82, 2.24) is 9.55 Å². The summed E-state index contributed by atoms with van der Waals surface area (Å²) < 4.78 is 15.9. The molecular formula is C12H13BrClFN2. The number of aromatic nitrogens is 2. The second-order valence-corrected chi connectivity index (χ2v) is 5.81. The van der Waals surface area contributed by atoms with Gasteiger partial charge in [0, 0.05) is 12.1 Å². The largest absolute Gasteiger partial charge is 0.324 e. The molecule has 92 valence electrons. The zero-order valence-electron chi connectivity index (χ0n) is 9.84. The third-order valence-electron chi connectivity index (χ3n) is 2.63. The Morgan fingerprint density at radius 3 is 2.53 bits per heavy atom. The van der Waals surface area contributed by atoms with Crippen molar-refractivity contribution in [3.8, 4) is 0 Å². The van der Waals surface area contributed by atoms with Gasteiger partial charge in [-0.15, -0.1) is 11.6 Å². The Kier molecular flexibility index (Phi) is 3.46. The van der Waals surface area contributed by atoms with Crippen LogP contribution in [0.2, 0.25) is 0 Å². The maximum Gasteiger partial charge on any atom is 0.139 e. The average Bonchev–Trinajstić information content (AvgIpc) is 2.57. The summed E-state index contributed by atoms with van der Waals surface area (Å²) in [4.78, 5) is 4.41. The zero-order chi connectivity index (χ0) is 12.7. The number of alkyl halides is 1. The number of nitrogens with zero attached hydrogens (tertiary/aromatic N) is 2. The first-order chi connectivity index (χ1) is 7.91. The van der Waals surface area contributed by atoms with Gasteiger partial charge < -0.3 is 4.57 Å². The van der Waals surface area contributed by atoms with Gasteiger partial charge in [0.1, 0.15) is 11.6 Å². The first-order valence-electron chi connectivity index (χ1n) is 5.42. The molecule has 0 N–H and O–H groups in total. The van der Waals surface area contributed by atoms with Crippen molar-refractivity contribution in [2.75, 3.05) is 0 Å². The summed E-state index contributed by atoms with van der Waals surface area (Å²) in [6, 6.07) is 3.41. The Hall–Kier alpha value is -0.610. The molecule has 0 aliphatic heterocycles. The fourth-order valence-electron chi connectivity index (χ4n) is 1.93. The van der Waals surface area contributed by atoms with E-state index >= 15 is 0 Å². The first kappa shape index (κ1) is 12.8. The summed E-state index contributed by atoms with van der Waals surface area (Å²) in [5, 5.41) is -0.202. The Bertz CT molecular complexity index is 563. The zero-order valence-corrected chi connectivity index (χ0v) is 12.2. The number of benzene rings is 1. The van der Waals surface area contributed by atoms with Gasteiger partial charge in [-0.25, -0.2) is 9.37 Å². The highest BCUT2D eigenvalue weighted by Gasteiger charge is 2.18. The lowest BCUT2D eigenvalue weighted by Gasteiger charge is -2.14. The van der Waals surface area contributed by atoms with Gasteiger partial charge in [0.25, 0.3) is 0 Å². The molecule has 0 fully saturated rings. The van der Waals surface area contributed by atoms with Crippen molar-refractivity contribution < 1.29 is 4.39 Å². The second kappa shape index (κ2) is 4.58. The predicted molar refractivity (Wildman–Crippen MR) is 72.0 cm³/mol. The Balaban J connectivity index is 2.80. The van der Waals surface area contributed by atoms with Crippen molar-refractivity contribution in [2.45, 2.75) is 32.2 Å². The van der Waals surface area contributed by atoms with Crippen LogP contribution in [0.1, 0.15) is 38.0 Å². The quantitative estimate of drug-likeness (QED) is 0.726. The van der Waals surface area contributed by atoms with Crippen LogP contribution in [0.5, 0.6) is 0 Å². The minimum atomic E-state index is -0.306. The minimum absolute atomic E-state index is 0.202. The Morgan fingerprint density at radius 1 is 1.35 bits per heavy atom. The lowest BCUT2D eigenvalue weighted by Crippen LogP contribution is -2.06. The molecule has 17 heavy (non-hydrogen) atoms. The molecule has 1 atom stereocenters. The van der Waals surface area contributed by atoms with Crippen LogP contribution in [-0.2, 0) is 0 Å². The van der Waals surface area contributed by atoms with Crippen LogP contribution < -0.4 is 0 Å². The van der Waals surface area contributed by atoms with E-state index in [0.29, 0.717) is 9.99 Å². The highest BCUT2D eigenvalue weighted by Crippen LogP contribution is 2.30. The molecule has 2 rings (SSSR count). The van der Waals surface area contributed by atoms with Crippen molar-refractivity contribution >= 4 is 38.6 Å². The lowest BCUT2D eigenvalue weighted by atomic mass is 10.3. The second-order valence-electron chi connectivity index (χ2n) is 4.30. The molecule has 2 aromatic rings. The van der Waals surface area contributed by atoms with Crippen molar-refractivity contribution in [3.63, 3.8) is 0 Å². The standard InChI is InChI=1S/C12H13BrClFN2/c1-6(2)17-11-4-8(13)9(15)5-10(11)16-12(17)7(3)14/h4-7H,1-3H3. The van der Waals surface area contributed by atoms with Gasteiger partial charge in [0.05, 0.1) is 20.9 Å². The Morgan fingerprint density at radius 2 is 2.00 bits per heavy atom. The summed E-state index contributed by atoms with van der Waals surface area (Å²) in [5.41, 5.74) is 1.54. The van der Waals surface area contributed by atoms with Crippen molar-refractivity contribution in [2.24, 2.45) is 0 Å². The number of halogens is 3. The van der Waals surface area contributed by atoms with Crippen LogP contribution in [0.15, 0.2) is 16.6 Å². The van der Waals surface area contributed by atoms with E-state index in [1.807, 2.05) is 11.5 Å². The molecule has 0 saturated heterocycles. The monoisotopic (exact) mass is 318 g/mol. The maximum atomic E-state index is 13.5. The summed E-state index contributed by atoms with van der Waals surface area (Å²) in [5.74, 6) is 0.467. The summed E-state index contributed by atoms with van der Waals surface area (Å²) in [6.07, 6.45) is 0. The summed E-state index contributed by atoms with van der Waals surface area (Å²) >= 11 is 9.31. The highest BCUT2D eigenvalue weighted by molar-refractivity contribution is 9.10. The molecule has 2 nitrogen and oxygen atoms in total. The van der Waals surface area contributed by atoms with E-state index in [1.165, 1.54) is 6.07 Å². The molecule has 1 aromatic heterocycles. The highest BCUT2D eigenvalue weighted by atomic mass is 79.9. The van der Waals surface area contributed by atoms with Gasteiger partial charge in [-0.05, 0) is 42.8 Å². The third kappa shape index (κ3) is 2.20. The SMILES string of the molecule is CC(Cl)c1nc2cc(F)c(Br)cc2n1C(C)C. The number of hydrogen-bond acceptors (Lipinski definition) is 1. The molecular weight excluding hydrogens is 307 g/mol. The van der Waals surface area contributed by atoms with E-state index in [4.69, 9.17) is 11.6 Å². The van der Waals surface area contributed by atoms with Gasteiger partial charge in [0.15, 0.2) is 0 Å². The van der Waals surface area contributed by atoms with Crippen LogP contribution in [0.4, 0.5) is 4.39 Å². The van der Waals surface area contributed by atoms with E-state index < -0.39 is 0 Å².